The minimum Gasteiger partial charge on any atom is -0.383 e. The summed E-state index contributed by atoms with van der Waals surface area (Å²) in [6.45, 7) is 4.82. The molecule has 0 saturated heterocycles. The minimum absolute atomic E-state index is 0.0380. The van der Waals surface area contributed by atoms with Crippen molar-refractivity contribution < 1.29 is 18.0 Å². The van der Waals surface area contributed by atoms with E-state index < -0.39 is 23.2 Å². The van der Waals surface area contributed by atoms with Gasteiger partial charge in [-0.05, 0) is 54.7 Å². The van der Waals surface area contributed by atoms with Gasteiger partial charge in [0.15, 0.2) is 0 Å². The Morgan fingerprint density at radius 1 is 1.03 bits per heavy atom. The molecule has 0 atom stereocenters. The first kappa shape index (κ1) is 22.2. The topological polar surface area (TPSA) is 41.1 Å². The molecule has 1 aliphatic rings. The van der Waals surface area contributed by atoms with Gasteiger partial charge >= 0.3 is 6.18 Å². The van der Waals surface area contributed by atoms with Crippen LogP contribution in [0.15, 0.2) is 48.5 Å². The van der Waals surface area contributed by atoms with Crippen LogP contribution >= 0.6 is 0 Å². The number of rotatable bonds is 6. The number of nitrogens with one attached hydrogen (secondary N) is 2. The fourth-order valence-electron chi connectivity index (χ4n) is 3.98. The van der Waals surface area contributed by atoms with Crippen molar-refractivity contribution in [2.45, 2.75) is 63.6 Å². The van der Waals surface area contributed by atoms with E-state index in [4.69, 9.17) is 0 Å². The lowest BCUT2D eigenvalue weighted by molar-refractivity contribution is -0.137. The number of carbonyl (C=O) groups excluding carboxylic acids is 1. The van der Waals surface area contributed by atoms with Gasteiger partial charge in [-0.15, -0.1) is 0 Å². The Kier molecular flexibility index (Phi) is 6.74. The fourth-order valence-corrected chi connectivity index (χ4v) is 3.98. The molecule has 0 heterocycles. The van der Waals surface area contributed by atoms with Crippen LogP contribution in [0.1, 0.15) is 73.4 Å². The number of hydrogen-bond donors (Lipinski definition) is 2. The van der Waals surface area contributed by atoms with Crippen LogP contribution in [0.5, 0.6) is 0 Å². The third-order valence-corrected chi connectivity index (χ3v) is 5.85. The van der Waals surface area contributed by atoms with Crippen LogP contribution in [0.3, 0.4) is 0 Å². The van der Waals surface area contributed by atoms with Crippen molar-refractivity contribution in [1.82, 2.24) is 5.32 Å². The average Bonchev–Trinajstić information content (AvgIpc) is 2.73. The maximum Gasteiger partial charge on any atom is 0.416 e. The van der Waals surface area contributed by atoms with Crippen molar-refractivity contribution in [3.05, 3.63) is 65.2 Å². The highest BCUT2D eigenvalue weighted by molar-refractivity contribution is 5.95. The van der Waals surface area contributed by atoms with Crippen molar-refractivity contribution in [2.24, 2.45) is 0 Å². The molecule has 2 aromatic carbocycles. The van der Waals surface area contributed by atoms with Gasteiger partial charge < -0.3 is 10.6 Å². The number of anilines is 1. The summed E-state index contributed by atoms with van der Waals surface area (Å²) in [5.74, 6) is -0.00422. The van der Waals surface area contributed by atoms with Gasteiger partial charge in [-0.25, -0.2) is 0 Å². The van der Waals surface area contributed by atoms with Crippen LogP contribution in [-0.2, 0) is 6.18 Å². The lowest BCUT2D eigenvalue weighted by Crippen LogP contribution is -2.54. The zero-order valence-corrected chi connectivity index (χ0v) is 17.5. The Morgan fingerprint density at radius 3 is 2.30 bits per heavy atom. The summed E-state index contributed by atoms with van der Waals surface area (Å²) in [4.78, 5) is 12.8. The van der Waals surface area contributed by atoms with Crippen molar-refractivity contribution in [3.63, 3.8) is 0 Å². The smallest absolute Gasteiger partial charge is 0.383 e. The van der Waals surface area contributed by atoms with E-state index in [0.717, 1.165) is 49.9 Å². The molecular formula is C24H29F3N2O. The van der Waals surface area contributed by atoms with Gasteiger partial charge in [-0.2, -0.15) is 13.2 Å². The highest BCUT2D eigenvalue weighted by Crippen LogP contribution is 2.31. The number of benzene rings is 2. The number of halogens is 3. The molecule has 0 spiro atoms. The van der Waals surface area contributed by atoms with Crippen LogP contribution in [0.4, 0.5) is 18.9 Å². The van der Waals surface area contributed by atoms with E-state index in [-0.39, 0.29) is 5.56 Å². The second kappa shape index (κ2) is 9.11. The fraction of sp³-hybridized carbons (Fsp3) is 0.458. The zero-order chi connectivity index (χ0) is 21.8. The van der Waals surface area contributed by atoms with E-state index in [0.29, 0.717) is 12.5 Å². The Morgan fingerprint density at radius 2 is 1.70 bits per heavy atom. The molecule has 1 saturated carbocycles. The summed E-state index contributed by atoms with van der Waals surface area (Å²) in [5.41, 5.74) is 0.982. The number of amides is 1. The largest absolute Gasteiger partial charge is 0.416 e. The molecule has 0 radical (unpaired) electrons. The highest BCUT2D eigenvalue weighted by atomic mass is 19.4. The molecule has 30 heavy (non-hydrogen) atoms. The Balaban J connectivity index is 1.73. The third kappa shape index (κ3) is 5.55. The quantitative estimate of drug-likeness (QED) is 0.572. The van der Waals surface area contributed by atoms with Crippen molar-refractivity contribution in [1.29, 1.82) is 0 Å². The monoisotopic (exact) mass is 418 g/mol. The molecule has 0 bridgehead atoms. The normalized spacial score (nSPS) is 16.3. The summed E-state index contributed by atoms with van der Waals surface area (Å²) in [7, 11) is 0. The predicted octanol–water partition coefficient (Wildman–Crippen LogP) is 6.37. The Hall–Kier alpha value is -2.50. The van der Waals surface area contributed by atoms with Crippen LogP contribution < -0.4 is 10.6 Å². The molecule has 1 fully saturated rings. The second-order valence-electron chi connectivity index (χ2n) is 8.50. The van der Waals surface area contributed by atoms with E-state index in [9.17, 15) is 18.0 Å². The zero-order valence-electron chi connectivity index (χ0n) is 17.5. The lowest BCUT2D eigenvalue weighted by atomic mass is 9.81. The van der Waals surface area contributed by atoms with Crippen molar-refractivity contribution >= 4 is 11.6 Å². The molecule has 2 aromatic rings. The van der Waals surface area contributed by atoms with E-state index in [1.165, 1.54) is 17.7 Å². The van der Waals surface area contributed by atoms with Crippen LogP contribution in [-0.4, -0.2) is 18.0 Å². The molecule has 0 aromatic heterocycles. The van der Waals surface area contributed by atoms with Gasteiger partial charge in [-0.3, -0.25) is 4.79 Å². The molecule has 3 rings (SSSR count). The molecule has 2 N–H and O–H groups in total. The van der Waals surface area contributed by atoms with Crippen LogP contribution in [0.2, 0.25) is 0 Å². The first-order valence-electron chi connectivity index (χ1n) is 10.5. The number of alkyl halides is 3. The highest BCUT2D eigenvalue weighted by Gasteiger charge is 2.35. The summed E-state index contributed by atoms with van der Waals surface area (Å²) in [5, 5.41) is 6.48. The number of hydrogen-bond acceptors (Lipinski definition) is 2. The van der Waals surface area contributed by atoms with Gasteiger partial charge in [0.05, 0.1) is 11.1 Å². The molecule has 1 aliphatic carbocycles. The van der Waals surface area contributed by atoms with Gasteiger partial charge in [0, 0.05) is 17.8 Å². The van der Waals surface area contributed by atoms with Gasteiger partial charge in [-0.1, -0.05) is 51.3 Å². The van der Waals surface area contributed by atoms with Gasteiger partial charge in [0.1, 0.15) is 0 Å². The average molecular weight is 419 g/mol. The van der Waals surface area contributed by atoms with E-state index >= 15 is 0 Å². The summed E-state index contributed by atoms with van der Waals surface area (Å²) in [6, 6.07) is 12.8. The van der Waals surface area contributed by atoms with Gasteiger partial charge in [0.2, 0.25) is 0 Å². The van der Waals surface area contributed by atoms with Gasteiger partial charge in [0.25, 0.3) is 5.91 Å². The molecule has 162 valence electrons. The Labute approximate surface area is 176 Å². The van der Waals surface area contributed by atoms with E-state index in [1.54, 1.807) is 0 Å². The predicted molar refractivity (Wildman–Crippen MR) is 114 cm³/mol. The standard InChI is InChI=1S/C24H29F3N2O/c1-17(2)18-9-11-21(12-10-18)28-16-23(13-4-3-5-14-23)29-22(30)19-7-6-8-20(15-19)24(25,26)27/h6-12,15,17,28H,3-5,13-14,16H2,1-2H3,(H,29,30). The maximum atomic E-state index is 13.0. The Bertz CT molecular complexity index is 853. The summed E-state index contributed by atoms with van der Waals surface area (Å²) >= 11 is 0. The third-order valence-electron chi connectivity index (χ3n) is 5.85. The molecule has 0 unspecified atom stereocenters. The molecule has 3 nitrogen and oxygen atoms in total. The maximum absolute atomic E-state index is 13.0. The van der Waals surface area contributed by atoms with Crippen molar-refractivity contribution in [3.8, 4) is 0 Å². The number of carbonyl (C=O) groups is 1. The summed E-state index contributed by atoms with van der Waals surface area (Å²) in [6.07, 6.45) is 0.198. The first-order chi connectivity index (χ1) is 14.2. The molecular weight excluding hydrogens is 389 g/mol. The minimum atomic E-state index is -4.47. The van der Waals surface area contributed by atoms with E-state index in [1.807, 2.05) is 12.1 Å². The van der Waals surface area contributed by atoms with Crippen LogP contribution in [0.25, 0.3) is 0 Å². The molecule has 1 amide bonds. The second-order valence-corrected chi connectivity index (χ2v) is 8.50. The SMILES string of the molecule is CC(C)c1ccc(NCC2(NC(=O)c3cccc(C(F)(F)F)c3)CCCCC2)cc1. The lowest BCUT2D eigenvalue weighted by Gasteiger charge is -2.38. The van der Waals surface area contributed by atoms with Crippen molar-refractivity contribution in [2.75, 3.05) is 11.9 Å². The van der Waals surface area contributed by atoms with E-state index in [2.05, 4.69) is 36.6 Å². The molecule has 6 heteroatoms. The molecule has 0 aliphatic heterocycles. The first-order valence-corrected chi connectivity index (χ1v) is 10.5. The van der Waals surface area contributed by atoms with Crippen LogP contribution in [0, 0.1) is 0 Å². The summed E-state index contributed by atoms with van der Waals surface area (Å²) < 4.78 is 39.0.